The molecule has 0 radical (unpaired) electrons. The molecule has 0 aliphatic carbocycles. The molecule has 1 fully saturated rings. The summed E-state index contributed by atoms with van der Waals surface area (Å²) >= 11 is -1.36. The maximum absolute atomic E-state index is 12.9. The lowest BCUT2D eigenvalue weighted by Crippen LogP contribution is -2.59. The predicted octanol–water partition coefficient (Wildman–Crippen LogP) is 3.34. The van der Waals surface area contributed by atoms with Crippen LogP contribution in [0.25, 0.3) is 0 Å². The second kappa shape index (κ2) is 13.3. The summed E-state index contributed by atoms with van der Waals surface area (Å²) in [5, 5.41) is 2.35. The first-order chi connectivity index (χ1) is 16.9. The lowest BCUT2D eigenvalue weighted by molar-refractivity contribution is -0.145. The van der Waals surface area contributed by atoms with Crippen LogP contribution in [0.2, 0.25) is 0 Å². The largest absolute Gasteiger partial charge is 0.614 e. The molecule has 0 aromatic heterocycles. The molecule has 1 heterocycles. The predicted molar refractivity (Wildman–Crippen MR) is 131 cm³/mol. The van der Waals surface area contributed by atoms with Crippen LogP contribution >= 0.6 is 0 Å². The number of hydrogen-bond acceptors (Lipinski definition) is 5. The van der Waals surface area contributed by atoms with E-state index in [1.807, 2.05) is 0 Å². The number of halogens is 1. The van der Waals surface area contributed by atoms with Crippen LogP contribution < -0.4 is 5.32 Å². The Kier molecular flexibility index (Phi) is 10.1. The minimum absolute atomic E-state index is 0.0961. The quantitative estimate of drug-likeness (QED) is 0.196. The highest BCUT2D eigenvalue weighted by Gasteiger charge is 2.45. The molecule has 0 saturated carbocycles. The summed E-state index contributed by atoms with van der Waals surface area (Å²) < 4.78 is 30.3. The smallest absolute Gasteiger partial charge is 0.337 e. The molecule has 2 unspecified atom stereocenters. The number of likely N-dealkylation sites (tertiary alicyclic amines) is 1. The highest BCUT2D eigenvalue weighted by Crippen LogP contribution is 2.27. The molecule has 188 valence electrons. The monoisotopic (exact) mass is 502 g/mol. The third-order valence-electron chi connectivity index (χ3n) is 5.95. The number of unbranched alkanes of at least 4 members (excludes halogenated alkanes) is 3. The van der Waals surface area contributed by atoms with E-state index in [1.54, 1.807) is 36.4 Å². The van der Waals surface area contributed by atoms with Gasteiger partial charge in [0, 0.05) is 12.1 Å². The molecule has 9 heteroatoms. The fourth-order valence-corrected chi connectivity index (χ4v) is 5.38. The third kappa shape index (κ3) is 8.07. The Morgan fingerprint density at radius 1 is 1.06 bits per heavy atom. The number of benzene rings is 2. The highest BCUT2D eigenvalue weighted by molar-refractivity contribution is 7.91. The van der Waals surface area contributed by atoms with E-state index in [9.17, 15) is 23.3 Å². The van der Waals surface area contributed by atoms with Crippen molar-refractivity contribution in [1.82, 2.24) is 10.2 Å². The van der Waals surface area contributed by atoms with Crippen molar-refractivity contribution in [3.05, 3.63) is 71.0 Å². The number of hydrogen-bond donors (Lipinski definition) is 1. The molecule has 2 amide bonds. The van der Waals surface area contributed by atoms with Crippen molar-refractivity contribution in [3.63, 3.8) is 0 Å². The summed E-state index contributed by atoms with van der Waals surface area (Å²) in [6.07, 6.45) is 4.87. The van der Waals surface area contributed by atoms with Gasteiger partial charge in [0.2, 0.25) is 11.8 Å². The molecule has 2 aromatic rings. The molecular weight excluding hydrogens is 471 g/mol. The van der Waals surface area contributed by atoms with Crippen molar-refractivity contribution in [2.24, 2.45) is 0 Å². The number of nitrogens with one attached hydrogen (secondary N) is 1. The third-order valence-corrected chi connectivity index (χ3v) is 7.59. The number of nitrogens with zero attached hydrogens (tertiary/aromatic N) is 1. The molecule has 7 nitrogen and oxygen atoms in total. The normalized spacial score (nSPS) is 15.9. The minimum atomic E-state index is -1.36. The average molecular weight is 503 g/mol. The van der Waals surface area contributed by atoms with Crippen LogP contribution in [-0.4, -0.2) is 52.8 Å². The Morgan fingerprint density at radius 2 is 1.71 bits per heavy atom. The van der Waals surface area contributed by atoms with Crippen molar-refractivity contribution in [1.29, 1.82) is 0 Å². The van der Waals surface area contributed by atoms with Crippen LogP contribution in [-0.2, 0) is 37.7 Å². The maximum Gasteiger partial charge on any atom is 0.337 e. The van der Waals surface area contributed by atoms with Gasteiger partial charge in [-0.25, -0.2) is 9.18 Å². The van der Waals surface area contributed by atoms with E-state index < -0.39 is 22.5 Å². The molecule has 1 saturated heterocycles. The molecule has 1 N–H and O–H groups in total. The van der Waals surface area contributed by atoms with Gasteiger partial charge in [0.05, 0.1) is 19.1 Å². The van der Waals surface area contributed by atoms with E-state index in [0.717, 1.165) is 43.2 Å². The van der Waals surface area contributed by atoms with Gasteiger partial charge in [-0.2, -0.15) is 0 Å². The summed E-state index contributed by atoms with van der Waals surface area (Å²) in [5.74, 6) is -0.873. The van der Waals surface area contributed by atoms with Gasteiger partial charge in [0.25, 0.3) is 0 Å². The SMILES string of the molecule is COC(=O)c1ccc(C[S+]([O-])C2CC(=O)N2CC(=O)NCCCCCCc2ccc(F)cc2)cc1. The van der Waals surface area contributed by atoms with E-state index in [2.05, 4.69) is 10.1 Å². The Bertz CT molecular complexity index is 1000. The van der Waals surface area contributed by atoms with E-state index in [4.69, 9.17) is 0 Å². The fraction of sp³-hybridized carbons (Fsp3) is 0.423. The molecule has 2 aromatic carbocycles. The topological polar surface area (TPSA) is 98.8 Å². The van der Waals surface area contributed by atoms with Gasteiger partial charge in [0.1, 0.15) is 18.1 Å². The molecular formula is C26H31FN2O5S. The van der Waals surface area contributed by atoms with Gasteiger partial charge in [-0.3, -0.25) is 14.5 Å². The zero-order valence-corrected chi connectivity index (χ0v) is 20.7. The Morgan fingerprint density at radius 3 is 2.37 bits per heavy atom. The van der Waals surface area contributed by atoms with Gasteiger partial charge in [-0.15, -0.1) is 0 Å². The molecule has 2 atom stereocenters. The second-order valence-electron chi connectivity index (χ2n) is 8.53. The average Bonchev–Trinajstić information content (AvgIpc) is 2.86. The summed E-state index contributed by atoms with van der Waals surface area (Å²) in [4.78, 5) is 37.2. The summed E-state index contributed by atoms with van der Waals surface area (Å²) in [6.45, 7) is 0.429. The first-order valence-corrected chi connectivity index (χ1v) is 13.1. The molecule has 1 aliphatic heterocycles. The summed E-state index contributed by atoms with van der Waals surface area (Å²) in [7, 11) is 1.31. The number of rotatable bonds is 13. The van der Waals surface area contributed by atoms with Gasteiger partial charge >= 0.3 is 5.97 Å². The number of methoxy groups -OCH3 is 1. The van der Waals surface area contributed by atoms with Crippen molar-refractivity contribution < 1.29 is 28.1 Å². The van der Waals surface area contributed by atoms with Crippen LogP contribution in [0.15, 0.2) is 48.5 Å². The lowest BCUT2D eigenvalue weighted by Gasteiger charge is -2.39. The fourth-order valence-electron chi connectivity index (χ4n) is 3.86. The number of β-lactam (4-membered cyclic amide) rings is 1. The molecule has 1 aliphatic rings. The zero-order chi connectivity index (χ0) is 25.2. The Labute approximate surface area is 208 Å². The molecule has 0 bridgehead atoms. The van der Waals surface area contributed by atoms with Crippen LogP contribution in [0.3, 0.4) is 0 Å². The van der Waals surface area contributed by atoms with Gasteiger partial charge < -0.3 is 14.6 Å². The van der Waals surface area contributed by atoms with E-state index in [1.165, 1.54) is 24.1 Å². The first-order valence-electron chi connectivity index (χ1n) is 11.7. The van der Waals surface area contributed by atoms with Crippen molar-refractivity contribution in [2.45, 2.75) is 49.7 Å². The van der Waals surface area contributed by atoms with Gasteiger partial charge in [-0.1, -0.05) is 37.1 Å². The first kappa shape index (κ1) is 26.7. The number of ether oxygens (including phenoxy) is 1. The Hall–Kier alpha value is -2.91. The number of aryl methyl sites for hydroxylation is 1. The lowest BCUT2D eigenvalue weighted by atomic mass is 10.1. The minimum Gasteiger partial charge on any atom is -0.614 e. The number of carbonyl (C=O) groups excluding carboxylic acids is 3. The molecule has 3 rings (SSSR count). The van der Waals surface area contributed by atoms with Crippen LogP contribution in [0.4, 0.5) is 4.39 Å². The highest BCUT2D eigenvalue weighted by atomic mass is 32.2. The Balaban J connectivity index is 1.32. The zero-order valence-electron chi connectivity index (χ0n) is 19.8. The van der Waals surface area contributed by atoms with Crippen LogP contribution in [0.1, 0.15) is 53.6 Å². The van der Waals surface area contributed by atoms with Crippen LogP contribution in [0.5, 0.6) is 0 Å². The standard InChI is InChI=1S/C26H31FN2O5S/c1-34-26(32)21-11-7-20(8-12-21)18-35(33)25-16-24(31)29(25)17-23(30)28-15-5-3-2-4-6-19-9-13-22(27)14-10-19/h7-14,25H,2-6,15-18H2,1H3,(H,28,30). The van der Waals surface area contributed by atoms with E-state index in [-0.39, 0.29) is 36.4 Å². The van der Waals surface area contributed by atoms with Crippen molar-refractivity contribution in [3.8, 4) is 0 Å². The van der Waals surface area contributed by atoms with Gasteiger partial charge in [-0.05, 0) is 60.3 Å². The number of amides is 2. The molecule has 35 heavy (non-hydrogen) atoms. The number of carbonyl (C=O) groups is 3. The molecule has 0 spiro atoms. The van der Waals surface area contributed by atoms with E-state index >= 15 is 0 Å². The summed E-state index contributed by atoms with van der Waals surface area (Å²) in [6, 6.07) is 13.2. The maximum atomic E-state index is 12.9. The van der Waals surface area contributed by atoms with Crippen molar-refractivity contribution >= 4 is 29.0 Å². The van der Waals surface area contributed by atoms with Crippen LogP contribution in [0, 0.1) is 5.82 Å². The second-order valence-corrected chi connectivity index (χ2v) is 10.1. The number of esters is 1. The van der Waals surface area contributed by atoms with E-state index in [0.29, 0.717) is 12.1 Å². The van der Waals surface area contributed by atoms with Crippen molar-refractivity contribution in [2.75, 3.05) is 20.2 Å². The van der Waals surface area contributed by atoms with Gasteiger partial charge in [0.15, 0.2) is 5.37 Å². The summed E-state index contributed by atoms with van der Waals surface area (Å²) in [5.41, 5.74) is 2.30.